The number of aliphatic carboxylic acids is 2. The van der Waals surface area contributed by atoms with Gasteiger partial charge in [-0.15, -0.1) is 0 Å². The minimum absolute atomic E-state index is 0. The van der Waals surface area contributed by atoms with Gasteiger partial charge in [0.15, 0.2) is 0 Å². The zero-order chi connectivity index (χ0) is 14.2. The Labute approximate surface area is 166 Å². The number of carbonyl (C=O) groups is 2. The Kier molecular flexibility index (Phi) is 17.6. The van der Waals surface area contributed by atoms with Crippen molar-refractivity contribution in [1.82, 2.24) is 0 Å². The Morgan fingerprint density at radius 2 is 1.45 bits per heavy atom. The fourth-order valence-electron chi connectivity index (χ4n) is 2.57. The Morgan fingerprint density at radius 1 is 0.950 bits per heavy atom. The quantitative estimate of drug-likeness (QED) is 0.299. The molecule has 0 bridgehead atoms. The summed E-state index contributed by atoms with van der Waals surface area (Å²) in [7, 11) is 0. The van der Waals surface area contributed by atoms with E-state index in [9.17, 15) is 19.8 Å². The van der Waals surface area contributed by atoms with Crippen LogP contribution < -0.4 is 69.3 Å². The van der Waals surface area contributed by atoms with Gasteiger partial charge < -0.3 is 19.8 Å². The molecule has 106 valence electrons. The predicted molar refractivity (Wildman–Crippen MR) is 65.3 cm³/mol. The number of hydrogen-bond donors (Lipinski definition) is 0. The van der Waals surface area contributed by atoms with Crippen LogP contribution in [0.25, 0.3) is 0 Å². The van der Waals surface area contributed by atoms with Gasteiger partial charge in [-0.1, -0.05) is 46.5 Å². The number of carboxylic acids is 2. The van der Waals surface area contributed by atoms with Crippen LogP contribution in [0.1, 0.15) is 65.7 Å². The van der Waals surface area contributed by atoms with Gasteiger partial charge in [0.1, 0.15) is 0 Å². The monoisotopic (exact) mass is 302 g/mol. The van der Waals surface area contributed by atoms with Gasteiger partial charge in [-0.25, -0.2) is 0 Å². The molecule has 0 fully saturated rings. The van der Waals surface area contributed by atoms with Gasteiger partial charge in [0, 0.05) is 23.3 Å². The molecule has 0 aliphatic heterocycles. The van der Waals surface area contributed by atoms with Crippen LogP contribution in [0.5, 0.6) is 0 Å². The first kappa shape index (κ1) is 25.9. The van der Waals surface area contributed by atoms with E-state index in [1.807, 2.05) is 0 Å². The molecule has 0 saturated carbocycles. The second-order valence-corrected chi connectivity index (χ2v) is 4.87. The third-order valence-corrected chi connectivity index (χ3v) is 3.97. The van der Waals surface area contributed by atoms with Crippen LogP contribution in [0.2, 0.25) is 0 Å². The molecule has 0 amide bonds. The van der Waals surface area contributed by atoms with Gasteiger partial charge in [-0.2, -0.15) is 0 Å². The molecular formula is C14H24Na2O4. The summed E-state index contributed by atoms with van der Waals surface area (Å²) in [6.45, 7) is 5.46. The van der Waals surface area contributed by atoms with E-state index in [-0.39, 0.29) is 72.0 Å². The topological polar surface area (TPSA) is 80.3 Å². The average molecular weight is 302 g/mol. The van der Waals surface area contributed by atoms with E-state index >= 15 is 0 Å². The van der Waals surface area contributed by atoms with Crippen molar-refractivity contribution in [2.75, 3.05) is 0 Å². The van der Waals surface area contributed by atoms with Gasteiger partial charge in [0.25, 0.3) is 0 Å². The van der Waals surface area contributed by atoms with E-state index in [2.05, 4.69) is 6.92 Å². The third-order valence-electron chi connectivity index (χ3n) is 3.97. The summed E-state index contributed by atoms with van der Waals surface area (Å²) in [5.74, 6) is -3.48. The molecule has 0 saturated heterocycles. The van der Waals surface area contributed by atoms with Crippen LogP contribution in [0.3, 0.4) is 0 Å². The Balaban J connectivity index is -0.00000144. The SMILES string of the molecule is CCCCCCC(C(=O)[O-])C(CC)(CC)C(=O)[O-].[Na+].[Na+]. The molecule has 0 aromatic heterocycles. The minimum Gasteiger partial charge on any atom is -0.550 e. The molecule has 20 heavy (non-hydrogen) atoms. The molecule has 0 aliphatic rings. The van der Waals surface area contributed by atoms with E-state index < -0.39 is 23.3 Å². The Bertz CT molecular complexity index is 278. The average Bonchev–Trinajstić information content (AvgIpc) is 2.33. The van der Waals surface area contributed by atoms with Gasteiger partial charge >= 0.3 is 59.1 Å². The van der Waals surface area contributed by atoms with Crippen LogP contribution >= 0.6 is 0 Å². The van der Waals surface area contributed by atoms with E-state index in [1.54, 1.807) is 13.8 Å². The standard InChI is InChI=1S/C14H26O4.2Na/c1-4-7-8-9-10-11(12(15)16)14(5-2,6-3)13(17)18;;/h11H,4-10H2,1-3H3,(H,15,16)(H,17,18);;/q;2*+1/p-2. The van der Waals surface area contributed by atoms with E-state index in [0.29, 0.717) is 6.42 Å². The summed E-state index contributed by atoms with van der Waals surface area (Å²) in [4.78, 5) is 22.5. The first-order valence-corrected chi connectivity index (χ1v) is 6.88. The molecule has 0 N–H and O–H groups in total. The van der Waals surface area contributed by atoms with Crippen molar-refractivity contribution in [3.63, 3.8) is 0 Å². The van der Waals surface area contributed by atoms with Crippen molar-refractivity contribution < 1.29 is 78.9 Å². The maximum atomic E-state index is 11.3. The predicted octanol–water partition coefficient (Wildman–Crippen LogP) is -5.11. The molecule has 0 aromatic rings. The summed E-state index contributed by atoms with van der Waals surface area (Å²) in [5.41, 5.74) is -1.29. The van der Waals surface area contributed by atoms with Gasteiger partial charge in [0.2, 0.25) is 0 Å². The first-order valence-electron chi connectivity index (χ1n) is 6.88. The zero-order valence-corrected chi connectivity index (χ0v) is 17.7. The van der Waals surface area contributed by atoms with Crippen molar-refractivity contribution in [1.29, 1.82) is 0 Å². The first-order chi connectivity index (χ1) is 8.46. The van der Waals surface area contributed by atoms with Crippen molar-refractivity contribution in [3.8, 4) is 0 Å². The number of carboxylic acid groups (broad SMARTS) is 2. The van der Waals surface area contributed by atoms with Crippen LogP contribution in [0, 0.1) is 11.3 Å². The zero-order valence-electron chi connectivity index (χ0n) is 13.7. The maximum absolute atomic E-state index is 11.3. The van der Waals surface area contributed by atoms with Crippen LogP contribution in [-0.2, 0) is 9.59 Å². The van der Waals surface area contributed by atoms with Crippen molar-refractivity contribution in [2.45, 2.75) is 65.7 Å². The van der Waals surface area contributed by atoms with E-state index in [0.717, 1.165) is 25.7 Å². The van der Waals surface area contributed by atoms with Crippen molar-refractivity contribution >= 4 is 11.9 Å². The van der Waals surface area contributed by atoms with Crippen molar-refractivity contribution in [2.24, 2.45) is 11.3 Å². The molecule has 0 spiro atoms. The molecule has 1 unspecified atom stereocenters. The normalized spacial score (nSPS) is 11.9. The fraction of sp³-hybridized carbons (Fsp3) is 0.857. The second-order valence-electron chi connectivity index (χ2n) is 4.87. The van der Waals surface area contributed by atoms with Crippen molar-refractivity contribution in [3.05, 3.63) is 0 Å². The molecule has 4 nitrogen and oxygen atoms in total. The summed E-state index contributed by atoms with van der Waals surface area (Å²) in [5, 5.41) is 22.5. The smallest absolute Gasteiger partial charge is 0.550 e. The number of rotatable bonds is 10. The van der Waals surface area contributed by atoms with E-state index in [1.165, 1.54) is 0 Å². The number of unbranched alkanes of at least 4 members (excludes halogenated alkanes) is 3. The second kappa shape index (κ2) is 13.6. The summed E-state index contributed by atoms with van der Waals surface area (Å²) >= 11 is 0. The molecule has 0 rings (SSSR count). The molecular weight excluding hydrogens is 278 g/mol. The maximum Gasteiger partial charge on any atom is 1.00 e. The molecule has 6 heteroatoms. The molecule has 1 atom stereocenters. The van der Waals surface area contributed by atoms with Crippen LogP contribution in [-0.4, -0.2) is 11.9 Å². The van der Waals surface area contributed by atoms with Crippen LogP contribution in [0.15, 0.2) is 0 Å². The number of hydrogen-bond acceptors (Lipinski definition) is 4. The third kappa shape index (κ3) is 7.28. The van der Waals surface area contributed by atoms with Gasteiger partial charge in [-0.05, 0) is 19.3 Å². The minimum atomic E-state index is -1.29. The van der Waals surface area contributed by atoms with Gasteiger partial charge in [-0.3, -0.25) is 0 Å². The summed E-state index contributed by atoms with van der Waals surface area (Å²) in [6, 6.07) is 0. The largest absolute Gasteiger partial charge is 1.00 e. The fourth-order valence-corrected chi connectivity index (χ4v) is 2.57. The molecule has 0 radical (unpaired) electrons. The molecule has 0 aromatic carbocycles. The Morgan fingerprint density at radius 3 is 1.75 bits per heavy atom. The molecule has 0 aliphatic carbocycles. The number of carbonyl (C=O) groups excluding carboxylic acids is 2. The summed E-state index contributed by atoms with van der Waals surface area (Å²) < 4.78 is 0. The van der Waals surface area contributed by atoms with Gasteiger partial charge in [0.05, 0.1) is 0 Å². The van der Waals surface area contributed by atoms with Crippen LogP contribution in [0.4, 0.5) is 0 Å². The summed E-state index contributed by atoms with van der Waals surface area (Å²) in [6.07, 6.45) is 4.63. The Hall–Kier alpha value is 0.940. The van der Waals surface area contributed by atoms with E-state index in [4.69, 9.17) is 0 Å². The molecule has 0 heterocycles.